The second-order valence-corrected chi connectivity index (χ2v) is 12.2. The van der Waals surface area contributed by atoms with Crippen LogP contribution in [0.1, 0.15) is 23.6 Å². The molecule has 0 spiro atoms. The van der Waals surface area contributed by atoms with Gasteiger partial charge in [0.2, 0.25) is 21.8 Å². The Balaban J connectivity index is 2.08. The summed E-state index contributed by atoms with van der Waals surface area (Å²) >= 11 is 18.5. The van der Waals surface area contributed by atoms with E-state index in [1.165, 1.54) is 11.0 Å². The number of aryl methyl sites for hydroxylation is 1. The minimum atomic E-state index is -3.90. The Bertz CT molecular complexity index is 1440. The summed E-state index contributed by atoms with van der Waals surface area (Å²) in [6, 6.07) is 18.1. The molecule has 2 amide bonds. The van der Waals surface area contributed by atoms with Crippen LogP contribution >= 0.6 is 34.8 Å². The molecule has 39 heavy (non-hydrogen) atoms. The van der Waals surface area contributed by atoms with Crippen LogP contribution in [0.5, 0.6) is 0 Å². The SMILES string of the molecule is CCNC(=O)[C@@H](Cc1ccccc1)N(Cc1ccc(Cl)c(Cl)c1)C(=O)CN(c1cc(Cl)ccc1C)S(C)(=O)=O. The zero-order valence-corrected chi connectivity index (χ0v) is 24.9. The van der Waals surface area contributed by atoms with Crippen molar-refractivity contribution in [3.63, 3.8) is 0 Å². The molecule has 0 radical (unpaired) electrons. The van der Waals surface area contributed by atoms with Gasteiger partial charge in [0.25, 0.3) is 0 Å². The Labute approximate surface area is 244 Å². The van der Waals surface area contributed by atoms with E-state index >= 15 is 0 Å². The predicted molar refractivity (Wildman–Crippen MR) is 158 cm³/mol. The molecule has 0 bridgehead atoms. The Morgan fingerprint density at radius 2 is 1.62 bits per heavy atom. The number of carbonyl (C=O) groups is 2. The summed E-state index contributed by atoms with van der Waals surface area (Å²) in [5, 5.41) is 3.78. The molecule has 11 heteroatoms. The van der Waals surface area contributed by atoms with Crippen molar-refractivity contribution in [2.24, 2.45) is 0 Å². The molecule has 1 atom stereocenters. The second kappa shape index (κ2) is 13.5. The number of benzene rings is 3. The fourth-order valence-corrected chi connectivity index (χ4v) is 5.51. The highest BCUT2D eigenvalue weighted by atomic mass is 35.5. The first-order chi connectivity index (χ1) is 18.4. The van der Waals surface area contributed by atoms with Gasteiger partial charge in [0.05, 0.1) is 22.0 Å². The number of carbonyl (C=O) groups excluding carboxylic acids is 2. The van der Waals surface area contributed by atoms with Gasteiger partial charge in [-0.15, -0.1) is 0 Å². The molecule has 0 heterocycles. The molecule has 0 fully saturated rings. The molecule has 0 aromatic heterocycles. The van der Waals surface area contributed by atoms with Crippen LogP contribution in [0, 0.1) is 6.92 Å². The fraction of sp³-hybridized carbons (Fsp3) is 0.286. The van der Waals surface area contributed by atoms with Gasteiger partial charge in [0, 0.05) is 24.5 Å². The smallest absolute Gasteiger partial charge is 0.244 e. The number of hydrogen-bond acceptors (Lipinski definition) is 4. The van der Waals surface area contributed by atoms with Gasteiger partial charge in [0.1, 0.15) is 12.6 Å². The van der Waals surface area contributed by atoms with E-state index in [-0.39, 0.29) is 24.6 Å². The van der Waals surface area contributed by atoms with E-state index in [9.17, 15) is 18.0 Å². The second-order valence-electron chi connectivity index (χ2n) is 9.07. The van der Waals surface area contributed by atoms with E-state index in [2.05, 4.69) is 5.32 Å². The van der Waals surface area contributed by atoms with Crippen molar-refractivity contribution in [2.45, 2.75) is 32.9 Å². The summed E-state index contributed by atoms with van der Waals surface area (Å²) in [5.41, 5.74) is 2.37. The monoisotopic (exact) mass is 609 g/mol. The van der Waals surface area contributed by atoms with Crippen LogP contribution in [0.15, 0.2) is 66.7 Å². The van der Waals surface area contributed by atoms with Crippen molar-refractivity contribution in [2.75, 3.05) is 23.7 Å². The molecule has 0 unspecified atom stereocenters. The number of nitrogens with zero attached hydrogens (tertiary/aromatic N) is 2. The number of nitrogens with one attached hydrogen (secondary N) is 1. The largest absolute Gasteiger partial charge is 0.355 e. The zero-order valence-electron chi connectivity index (χ0n) is 21.8. The first-order valence-electron chi connectivity index (χ1n) is 12.2. The third-order valence-electron chi connectivity index (χ3n) is 6.08. The molecule has 208 valence electrons. The molecule has 3 aromatic carbocycles. The van der Waals surface area contributed by atoms with Gasteiger partial charge in [-0.05, 0) is 54.8 Å². The Morgan fingerprint density at radius 3 is 2.23 bits per heavy atom. The van der Waals surface area contributed by atoms with Crippen molar-refractivity contribution >= 4 is 62.3 Å². The van der Waals surface area contributed by atoms with Gasteiger partial charge in [-0.2, -0.15) is 0 Å². The summed E-state index contributed by atoms with van der Waals surface area (Å²) in [4.78, 5) is 28.8. The maximum Gasteiger partial charge on any atom is 0.244 e. The predicted octanol–water partition coefficient (Wildman–Crippen LogP) is 5.50. The van der Waals surface area contributed by atoms with E-state index in [0.29, 0.717) is 32.7 Å². The number of rotatable bonds is 11. The van der Waals surface area contributed by atoms with Crippen molar-refractivity contribution in [3.8, 4) is 0 Å². The Kier molecular flexibility index (Phi) is 10.7. The lowest BCUT2D eigenvalue weighted by Crippen LogP contribution is -2.53. The summed E-state index contributed by atoms with van der Waals surface area (Å²) in [6.07, 6.45) is 1.24. The molecule has 0 saturated carbocycles. The van der Waals surface area contributed by atoms with Crippen molar-refractivity contribution in [1.29, 1.82) is 0 Å². The standard InChI is InChI=1S/C28H30Cl3N3O4S/c1-4-32-28(36)26(15-20-8-6-5-7-9-20)33(17-21-11-13-23(30)24(31)14-21)27(35)18-34(39(3,37)38)25-16-22(29)12-10-19(25)2/h5-14,16,26H,4,15,17-18H2,1-3H3,(H,32,36)/t26-/m1/s1. The van der Waals surface area contributed by atoms with Crippen LogP contribution in [0.25, 0.3) is 0 Å². The van der Waals surface area contributed by atoms with E-state index in [4.69, 9.17) is 34.8 Å². The molecule has 0 saturated heterocycles. The number of halogens is 3. The highest BCUT2D eigenvalue weighted by Crippen LogP contribution is 2.28. The number of anilines is 1. The molecule has 0 aliphatic rings. The first-order valence-corrected chi connectivity index (χ1v) is 15.2. The quantitative estimate of drug-likeness (QED) is 0.311. The number of likely N-dealkylation sites (N-methyl/N-ethyl adjacent to an activating group) is 1. The highest BCUT2D eigenvalue weighted by molar-refractivity contribution is 7.92. The van der Waals surface area contributed by atoms with Crippen LogP contribution in [-0.4, -0.2) is 50.5 Å². The fourth-order valence-electron chi connectivity index (χ4n) is 4.13. The normalized spacial score (nSPS) is 12.1. The zero-order chi connectivity index (χ0) is 28.7. The topological polar surface area (TPSA) is 86.8 Å². The summed E-state index contributed by atoms with van der Waals surface area (Å²) < 4.78 is 26.8. The van der Waals surface area contributed by atoms with E-state index in [1.807, 2.05) is 30.3 Å². The average molecular weight is 611 g/mol. The number of amides is 2. The molecule has 0 aliphatic carbocycles. The molecule has 3 rings (SSSR count). The minimum Gasteiger partial charge on any atom is -0.355 e. The summed E-state index contributed by atoms with van der Waals surface area (Å²) in [5.74, 6) is -0.933. The van der Waals surface area contributed by atoms with E-state index in [1.54, 1.807) is 44.2 Å². The molecular weight excluding hydrogens is 581 g/mol. The third-order valence-corrected chi connectivity index (χ3v) is 8.18. The van der Waals surface area contributed by atoms with Crippen LogP contribution in [0.3, 0.4) is 0 Å². The van der Waals surface area contributed by atoms with Gasteiger partial charge in [-0.1, -0.05) is 77.3 Å². The summed E-state index contributed by atoms with van der Waals surface area (Å²) in [7, 11) is -3.90. The van der Waals surface area contributed by atoms with Crippen molar-refractivity contribution < 1.29 is 18.0 Å². The lowest BCUT2D eigenvalue weighted by molar-refractivity contribution is -0.140. The maximum atomic E-state index is 14.0. The summed E-state index contributed by atoms with van der Waals surface area (Å²) in [6.45, 7) is 3.34. The average Bonchev–Trinajstić information content (AvgIpc) is 2.88. The van der Waals surface area contributed by atoms with Crippen LogP contribution in [0.2, 0.25) is 15.1 Å². The van der Waals surface area contributed by atoms with Gasteiger partial charge in [-0.25, -0.2) is 8.42 Å². The Morgan fingerprint density at radius 1 is 0.923 bits per heavy atom. The third kappa shape index (κ3) is 8.35. The maximum absolute atomic E-state index is 14.0. The lowest BCUT2D eigenvalue weighted by atomic mass is 10.0. The number of hydrogen-bond donors (Lipinski definition) is 1. The van der Waals surface area contributed by atoms with Gasteiger partial charge in [-0.3, -0.25) is 13.9 Å². The molecule has 0 aliphatic heterocycles. The first kappa shape index (κ1) is 30.8. The van der Waals surface area contributed by atoms with E-state index < -0.39 is 28.5 Å². The molecule has 3 aromatic rings. The van der Waals surface area contributed by atoms with Crippen LogP contribution in [0.4, 0.5) is 5.69 Å². The molecule has 7 nitrogen and oxygen atoms in total. The van der Waals surface area contributed by atoms with E-state index in [0.717, 1.165) is 16.1 Å². The lowest BCUT2D eigenvalue weighted by Gasteiger charge is -2.33. The van der Waals surface area contributed by atoms with Crippen LogP contribution in [-0.2, 0) is 32.6 Å². The van der Waals surface area contributed by atoms with Gasteiger partial charge in [0.15, 0.2) is 0 Å². The van der Waals surface area contributed by atoms with Gasteiger partial charge >= 0.3 is 0 Å². The van der Waals surface area contributed by atoms with Crippen molar-refractivity contribution in [3.05, 3.63) is 98.5 Å². The molecular formula is C28H30Cl3N3O4S. The van der Waals surface area contributed by atoms with Crippen LogP contribution < -0.4 is 9.62 Å². The van der Waals surface area contributed by atoms with Crippen molar-refractivity contribution in [1.82, 2.24) is 10.2 Å². The Hall–Kier alpha value is -2.78. The van der Waals surface area contributed by atoms with Gasteiger partial charge < -0.3 is 10.2 Å². The number of sulfonamides is 1. The molecule has 1 N–H and O–H groups in total. The minimum absolute atomic E-state index is 0.00349. The highest BCUT2D eigenvalue weighted by Gasteiger charge is 2.33.